The molecule has 0 aliphatic rings. The smallest absolute Gasteiger partial charge is 0.332 e. The quantitative estimate of drug-likeness (QED) is 0.265. The van der Waals surface area contributed by atoms with E-state index in [0.29, 0.717) is 13.0 Å². The van der Waals surface area contributed by atoms with Gasteiger partial charge in [0.05, 0.1) is 6.61 Å². The molecule has 3 heteroatoms. The molecule has 13 heavy (non-hydrogen) atoms. The van der Waals surface area contributed by atoms with E-state index >= 15 is 0 Å². The van der Waals surface area contributed by atoms with Crippen molar-refractivity contribution in [3.05, 3.63) is 12.7 Å². The van der Waals surface area contributed by atoms with Crippen LogP contribution in [0.3, 0.4) is 0 Å². The molecule has 0 radical (unpaired) electrons. The van der Waals surface area contributed by atoms with Gasteiger partial charge >= 0.3 is 5.97 Å². The van der Waals surface area contributed by atoms with Gasteiger partial charge in [-0.2, -0.15) is 0 Å². The van der Waals surface area contributed by atoms with E-state index in [1.54, 1.807) is 0 Å². The zero-order chi connectivity index (χ0) is 10.1. The zero-order valence-electron chi connectivity index (χ0n) is 8.41. The standard InChI is InChI=1S/C10H18O3/c1-4-7-8-12-10(6-3)13-9(11)5-2/h5,10H,2,4,6-8H2,1,3H3. The molecular formula is C10H18O3. The SMILES string of the molecule is C=CC(=O)OC(CC)OCCCC. The fourth-order valence-corrected chi connectivity index (χ4v) is 0.772. The molecule has 0 saturated carbocycles. The number of hydrogen-bond acceptors (Lipinski definition) is 3. The summed E-state index contributed by atoms with van der Waals surface area (Å²) in [6.07, 6.45) is 3.46. The highest BCUT2D eigenvalue weighted by Crippen LogP contribution is 2.02. The van der Waals surface area contributed by atoms with E-state index in [4.69, 9.17) is 9.47 Å². The first-order chi connectivity index (χ1) is 6.24. The van der Waals surface area contributed by atoms with Crippen molar-refractivity contribution in [2.75, 3.05) is 6.61 Å². The van der Waals surface area contributed by atoms with Crippen molar-refractivity contribution in [3.63, 3.8) is 0 Å². The fourth-order valence-electron chi connectivity index (χ4n) is 0.772. The number of carbonyl (C=O) groups excluding carboxylic acids is 1. The van der Waals surface area contributed by atoms with Gasteiger partial charge in [0.25, 0.3) is 0 Å². The van der Waals surface area contributed by atoms with E-state index in [1.165, 1.54) is 0 Å². The first-order valence-electron chi connectivity index (χ1n) is 4.69. The second-order valence-electron chi connectivity index (χ2n) is 2.70. The monoisotopic (exact) mass is 186 g/mol. The molecule has 0 aromatic rings. The molecule has 0 fully saturated rings. The Morgan fingerprint density at radius 2 is 2.23 bits per heavy atom. The van der Waals surface area contributed by atoms with Gasteiger partial charge in [0.2, 0.25) is 6.29 Å². The average Bonchev–Trinajstić information content (AvgIpc) is 2.16. The zero-order valence-corrected chi connectivity index (χ0v) is 8.41. The molecule has 0 aromatic heterocycles. The Morgan fingerprint density at radius 3 is 2.69 bits per heavy atom. The Labute approximate surface area is 79.7 Å². The van der Waals surface area contributed by atoms with Crippen molar-refractivity contribution in [2.45, 2.75) is 39.4 Å². The number of ether oxygens (including phenoxy) is 2. The van der Waals surface area contributed by atoms with E-state index in [1.807, 2.05) is 6.92 Å². The lowest BCUT2D eigenvalue weighted by atomic mass is 10.3. The predicted molar refractivity (Wildman–Crippen MR) is 51.2 cm³/mol. The van der Waals surface area contributed by atoms with Gasteiger partial charge in [-0.3, -0.25) is 0 Å². The van der Waals surface area contributed by atoms with Crippen LogP contribution in [0.5, 0.6) is 0 Å². The van der Waals surface area contributed by atoms with E-state index < -0.39 is 12.3 Å². The predicted octanol–water partition coefficient (Wildman–Crippen LogP) is 2.27. The van der Waals surface area contributed by atoms with Gasteiger partial charge < -0.3 is 9.47 Å². The summed E-state index contributed by atoms with van der Waals surface area (Å²) >= 11 is 0. The van der Waals surface area contributed by atoms with E-state index in [2.05, 4.69) is 13.5 Å². The van der Waals surface area contributed by atoms with Crippen molar-refractivity contribution in [3.8, 4) is 0 Å². The molecule has 0 aromatic carbocycles. The highest BCUT2D eigenvalue weighted by Gasteiger charge is 2.09. The highest BCUT2D eigenvalue weighted by molar-refractivity contribution is 5.81. The lowest BCUT2D eigenvalue weighted by molar-refractivity contribution is -0.173. The Hall–Kier alpha value is -0.830. The van der Waals surface area contributed by atoms with E-state index in [0.717, 1.165) is 18.9 Å². The minimum Gasteiger partial charge on any atom is -0.433 e. The van der Waals surface area contributed by atoms with Gasteiger partial charge in [0, 0.05) is 12.5 Å². The maximum Gasteiger partial charge on any atom is 0.332 e. The Morgan fingerprint density at radius 1 is 1.54 bits per heavy atom. The van der Waals surface area contributed by atoms with Crippen molar-refractivity contribution < 1.29 is 14.3 Å². The van der Waals surface area contributed by atoms with Crippen LogP contribution in [0.4, 0.5) is 0 Å². The van der Waals surface area contributed by atoms with Crippen LogP contribution in [0.1, 0.15) is 33.1 Å². The van der Waals surface area contributed by atoms with Gasteiger partial charge in [-0.05, 0) is 6.42 Å². The van der Waals surface area contributed by atoms with Crippen molar-refractivity contribution in [2.24, 2.45) is 0 Å². The van der Waals surface area contributed by atoms with E-state index in [9.17, 15) is 4.79 Å². The van der Waals surface area contributed by atoms with Crippen LogP contribution in [0, 0.1) is 0 Å². The largest absolute Gasteiger partial charge is 0.433 e. The molecule has 0 N–H and O–H groups in total. The van der Waals surface area contributed by atoms with Gasteiger partial charge in [-0.1, -0.05) is 26.8 Å². The third-order valence-electron chi connectivity index (χ3n) is 1.55. The summed E-state index contributed by atoms with van der Waals surface area (Å²) in [7, 11) is 0. The first-order valence-corrected chi connectivity index (χ1v) is 4.69. The highest BCUT2D eigenvalue weighted by atomic mass is 16.7. The maximum absolute atomic E-state index is 10.8. The molecular weight excluding hydrogens is 168 g/mol. The summed E-state index contributed by atoms with van der Waals surface area (Å²) in [6, 6.07) is 0. The molecule has 0 bridgehead atoms. The van der Waals surface area contributed by atoms with Crippen LogP contribution >= 0.6 is 0 Å². The topological polar surface area (TPSA) is 35.5 Å². The fraction of sp³-hybridized carbons (Fsp3) is 0.700. The summed E-state index contributed by atoms with van der Waals surface area (Å²) in [6.45, 7) is 7.95. The third-order valence-corrected chi connectivity index (χ3v) is 1.55. The van der Waals surface area contributed by atoms with Crippen molar-refractivity contribution in [1.29, 1.82) is 0 Å². The van der Waals surface area contributed by atoms with Gasteiger partial charge in [-0.15, -0.1) is 0 Å². The van der Waals surface area contributed by atoms with Crippen molar-refractivity contribution >= 4 is 5.97 Å². The van der Waals surface area contributed by atoms with Crippen LogP contribution in [0.25, 0.3) is 0 Å². The minimum atomic E-state index is -0.427. The molecule has 0 amide bonds. The minimum absolute atomic E-state index is 0.419. The van der Waals surface area contributed by atoms with Crippen LogP contribution in [-0.4, -0.2) is 18.9 Å². The number of hydrogen-bond donors (Lipinski definition) is 0. The van der Waals surface area contributed by atoms with Gasteiger partial charge in [0.15, 0.2) is 0 Å². The lowest BCUT2D eigenvalue weighted by Gasteiger charge is -2.15. The Balaban J connectivity index is 3.62. The first kappa shape index (κ1) is 12.2. The average molecular weight is 186 g/mol. The number of carbonyl (C=O) groups is 1. The van der Waals surface area contributed by atoms with Crippen LogP contribution in [0.2, 0.25) is 0 Å². The Kier molecular flexibility index (Phi) is 7.30. The molecule has 0 heterocycles. The van der Waals surface area contributed by atoms with Crippen LogP contribution in [-0.2, 0) is 14.3 Å². The molecule has 0 saturated heterocycles. The maximum atomic E-state index is 10.8. The second kappa shape index (κ2) is 7.80. The number of unbranched alkanes of at least 4 members (excludes halogenated alkanes) is 1. The molecule has 76 valence electrons. The molecule has 1 atom stereocenters. The molecule has 0 rings (SSSR count). The summed E-state index contributed by atoms with van der Waals surface area (Å²) in [4.78, 5) is 10.8. The molecule has 3 nitrogen and oxygen atoms in total. The summed E-state index contributed by atoms with van der Waals surface area (Å²) in [5.74, 6) is -0.427. The lowest BCUT2D eigenvalue weighted by Crippen LogP contribution is -2.19. The normalized spacial score (nSPS) is 12.2. The summed E-state index contributed by atoms with van der Waals surface area (Å²) < 4.78 is 10.2. The second-order valence-corrected chi connectivity index (χ2v) is 2.70. The van der Waals surface area contributed by atoms with Crippen LogP contribution < -0.4 is 0 Å². The molecule has 1 unspecified atom stereocenters. The molecule has 0 aliphatic carbocycles. The van der Waals surface area contributed by atoms with E-state index in [-0.39, 0.29) is 0 Å². The Bertz CT molecular complexity index is 154. The summed E-state index contributed by atoms with van der Waals surface area (Å²) in [5.41, 5.74) is 0. The third kappa shape index (κ3) is 6.34. The van der Waals surface area contributed by atoms with Gasteiger partial charge in [0.1, 0.15) is 0 Å². The van der Waals surface area contributed by atoms with Crippen LogP contribution in [0.15, 0.2) is 12.7 Å². The van der Waals surface area contributed by atoms with Gasteiger partial charge in [-0.25, -0.2) is 4.79 Å². The number of esters is 1. The number of rotatable bonds is 7. The molecule has 0 spiro atoms. The van der Waals surface area contributed by atoms with Crippen molar-refractivity contribution in [1.82, 2.24) is 0 Å². The summed E-state index contributed by atoms with van der Waals surface area (Å²) in [5, 5.41) is 0. The molecule has 0 aliphatic heterocycles.